The van der Waals surface area contributed by atoms with Crippen molar-refractivity contribution in [1.82, 2.24) is 15.3 Å². The van der Waals surface area contributed by atoms with Crippen LogP contribution in [0.3, 0.4) is 0 Å². The molecule has 15 heavy (non-hydrogen) atoms. The fourth-order valence-corrected chi connectivity index (χ4v) is 2.12. The minimum Gasteiger partial charge on any atom is -0.346 e. The number of hydrogen-bond donors (Lipinski definition) is 2. The minimum atomic E-state index is 0.150. The van der Waals surface area contributed by atoms with Crippen LogP contribution in [0.2, 0.25) is 0 Å². The van der Waals surface area contributed by atoms with Crippen molar-refractivity contribution in [3.05, 3.63) is 17.2 Å². The van der Waals surface area contributed by atoms with Crippen LogP contribution in [0.1, 0.15) is 38.0 Å². The van der Waals surface area contributed by atoms with Crippen LogP contribution in [0, 0.1) is 12.8 Å². The zero-order chi connectivity index (χ0) is 11.1. The number of nitrogens with zero attached hydrogens (tertiary/aromatic N) is 1. The lowest BCUT2D eigenvalue weighted by Gasteiger charge is -2.26. The van der Waals surface area contributed by atoms with Gasteiger partial charge in [-0.05, 0) is 25.9 Å². The molecule has 3 nitrogen and oxygen atoms in total. The van der Waals surface area contributed by atoms with Gasteiger partial charge in [0, 0.05) is 17.5 Å². The smallest absolute Gasteiger partial charge is 0.106 e. The molecule has 0 unspecified atom stereocenters. The lowest BCUT2D eigenvalue weighted by Crippen LogP contribution is -2.43. The van der Waals surface area contributed by atoms with E-state index >= 15 is 0 Å². The normalized spacial score (nSPS) is 17.9. The van der Waals surface area contributed by atoms with E-state index in [-0.39, 0.29) is 5.41 Å². The standard InChI is InChI=1S/C12H21N3/c1-8-11(12(2,3)4)15-10(14-8)5-9-6-13-7-9/h9,13H,5-7H2,1-4H3,(H,14,15). The van der Waals surface area contributed by atoms with E-state index in [0.717, 1.165) is 31.3 Å². The molecule has 0 saturated carbocycles. The van der Waals surface area contributed by atoms with Gasteiger partial charge in [-0.1, -0.05) is 20.8 Å². The van der Waals surface area contributed by atoms with Crippen molar-refractivity contribution in [3.63, 3.8) is 0 Å². The Bertz CT molecular complexity index is 342. The Morgan fingerprint density at radius 3 is 2.40 bits per heavy atom. The summed E-state index contributed by atoms with van der Waals surface area (Å²) in [6, 6.07) is 0. The molecule has 0 atom stereocenters. The molecule has 0 aliphatic carbocycles. The number of imidazole rings is 1. The van der Waals surface area contributed by atoms with Crippen molar-refractivity contribution < 1.29 is 0 Å². The predicted octanol–water partition coefficient (Wildman–Crippen LogP) is 1.78. The summed E-state index contributed by atoms with van der Waals surface area (Å²) in [4.78, 5) is 8.13. The highest BCUT2D eigenvalue weighted by atomic mass is 15.0. The van der Waals surface area contributed by atoms with Crippen LogP contribution in [-0.4, -0.2) is 23.1 Å². The van der Waals surface area contributed by atoms with Gasteiger partial charge in [0.25, 0.3) is 0 Å². The highest BCUT2D eigenvalue weighted by molar-refractivity contribution is 5.21. The molecule has 1 aliphatic heterocycles. The summed E-state index contributed by atoms with van der Waals surface area (Å²) in [6.45, 7) is 11.0. The summed E-state index contributed by atoms with van der Waals surface area (Å²) >= 11 is 0. The van der Waals surface area contributed by atoms with E-state index in [1.54, 1.807) is 0 Å². The number of H-pyrrole nitrogens is 1. The summed E-state index contributed by atoms with van der Waals surface area (Å²) in [5.41, 5.74) is 2.59. The molecule has 0 spiro atoms. The number of aromatic amines is 1. The Labute approximate surface area is 91.7 Å². The van der Waals surface area contributed by atoms with E-state index in [2.05, 4.69) is 38.0 Å². The summed E-state index contributed by atoms with van der Waals surface area (Å²) < 4.78 is 0. The number of hydrogen-bond acceptors (Lipinski definition) is 2. The Morgan fingerprint density at radius 2 is 2.00 bits per heavy atom. The monoisotopic (exact) mass is 207 g/mol. The van der Waals surface area contributed by atoms with Gasteiger partial charge >= 0.3 is 0 Å². The number of rotatable bonds is 2. The van der Waals surface area contributed by atoms with Gasteiger partial charge < -0.3 is 10.3 Å². The van der Waals surface area contributed by atoms with Crippen LogP contribution in [0.5, 0.6) is 0 Å². The predicted molar refractivity (Wildman–Crippen MR) is 62.1 cm³/mol. The molecule has 3 heteroatoms. The molecule has 1 aromatic rings. The Balaban J connectivity index is 2.13. The maximum absolute atomic E-state index is 4.72. The van der Waals surface area contributed by atoms with Gasteiger partial charge in [0.15, 0.2) is 0 Å². The highest BCUT2D eigenvalue weighted by Gasteiger charge is 2.23. The third-order valence-corrected chi connectivity index (χ3v) is 2.99. The van der Waals surface area contributed by atoms with E-state index in [9.17, 15) is 0 Å². The molecule has 2 rings (SSSR count). The van der Waals surface area contributed by atoms with Crippen molar-refractivity contribution >= 4 is 0 Å². The maximum atomic E-state index is 4.72. The molecular formula is C12H21N3. The van der Waals surface area contributed by atoms with Crippen molar-refractivity contribution in [2.45, 2.75) is 39.5 Å². The first-order valence-corrected chi connectivity index (χ1v) is 5.73. The third-order valence-electron chi connectivity index (χ3n) is 2.99. The molecule has 1 aromatic heterocycles. The molecule has 0 aromatic carbocycles. The van der Waals surface area contributed by atoms with E-state index in [0.29, 0.717) is 0 Å². The number of aryl methyl sites for hydroxylation is 1. The average molecular weight is 207 g/mol. The summed E-state index contributed by atoms with van der Waals surface area (Å²) in [6.07, 6.45) is 1.09. The molecule has 0 radical (unpaired) electrons. The van der Waals surface area contributed by atoms with Gasteiger partial charge in [-0.15, -0.1) is 0 Å². The van der Waals surface area contributed by atoms with Crippen LogP contribution in [0.15, 0.2) is 0 Å². The molecule has 1 saturated heterocycles. The second-order valence-electron chi connectivity index (χ2n) is 5.64. The van der Waals surface area contributed by atoms with Gasteiger partial charge in [-0.25, -0.2) is 4.98 Å². The Hall–Kier alpha value is -0.830. The van der Waals surface area contributed by atoms with Crippen molar-refractivity contribution in [2.75, 3.05) is 13.1 Å². The lowest BCUT2D eigenvalue weighted by molar-refractivity contribution is 0.341. The summed E-state index contributed by atoms with van der Waals surface area (Å²) in [5, 5.41) is 3.29. The molecular weight excluding hydrogens is 186 g/mol. The molecule has 1 aliphatic rings. The SMILES string of the molecule is Cc1[nH]c(CC2CNC2)nc1C(C)(C)C. The quantitative estimate of drug-likeness (QED) is 0.776. The Kier molecular flexibility index (Phi) is 2.59. The number of aromatic nitrogens is 2. The fourth-order valence-electron chi connectivity index (χ4n) is 2.12. The summed E-state index contributed by atoms with van der Waals surface area (Å²) in [7, 11) is 0. The molecule has 2 N–H and O–H groups in total. The maximum Gasteiger partial charge on any atom is 0.106 e. The lowest BCUT2D eigenvalue weighted by atomic mass is 9.91. The van der Waals surface area contributed by atoms with E-state index < -0.39 is 0 Å². The van der Waals surface area contributed by atoms with Gasteiger partial charge in [-0.3, -0.25) is 0 Å². The van der Waals surface area contributed by atoms with E-state index in [1.807, 2.05) is 0 Å². The van der Waals surface area contributed by atoms with Crippen LogP contribution in [0.25, 0.3) is 0 Å². The van der Waals surface area contributed by atoms with Gasteiger partial charge in [-0.2, -0.15) is 0 Å². The summed E-state index contributed by atoms with van der Waals surface area (Å²) in [5.74, 6) is 1.94. The van der Waals surface area contributed by atoms with E-state index in [4.69, 9.17) is 4.98 Å². The first-order chi connectivity index (χ1) is 6.97. The molecule has 0 bridgehead atoms. The molecule has 1 fully saturated rings. The second kappa shape index (κ2) is 3.63. The first kappa shape index (κ1) is 10.7. The van der Waals surface area contributed by atoms with Crippen molar-refractivity contribution in [1.29, 1.82) is 0 Å². The van der Waals surface area contributed by atoms with Crippen LogP contribution < -0.4 is 5.32 Å². The van der Waals surface area contributed by atoms with Gasteiger partial charge in [0.1, 0.15) is 5.82 Å². The largest absolute Gasteiger partial charge is 0.346 e. The minimum absolute atomic E-state index is 0.150. The molecule has 84 valence electrons. The highest BCUT2D eigenvalue weighted by Crippen LogP contribution is 2.24. The fraction of sp³-hybridized carbons (Fsp3) is 0.750. The van der Waals surface area contributed by atoms with E-state index in [1.165, 1.54) is 11.4 Å². The van der Waals surface area contributed by atoms with Crippen LogP contribution >= 0.6 is 0 Å². The van der Waals surface area contributed by atoms with Crippen LogP contribution in [-0.2, 0) is 11.8 Å². The topological polar surface area (TPSA) is 40.7 Å². The number of nitrogens with one attached hydrogen (secondary N) is 2. The van der Waals surface area contributed by atoms with Crippen molar-refractivity contribution in [3.8, 4) is 0 Å². The van der Waals surface area contributed by atoms with Gasteiger partial charge in [0.05, 0.1) is 5.69 Å². The zero-order valence-electron chi connectivity index (χ0n) is 10.1. The zero-order valence-corrected chi connectivity index (χ0v) is 10.1. The van der Waals surface area contributed by atoms with Crippen LogP contribution in [0.4, 0.5) is 0 Å². The Morgan fingerprint density at radius 1 is 1.33 bits per heavy atom. The molecule has 0 amide bonds. The molecule has 2 heterocycles. The first-order valence-electron chi connectivity index (χ1n) is 5.73. The van der Waals surface area contributed by atoms with Gasteiger partial charge in [0.2, 0.25) is 0 Å². The second-order valence-corrected chi connectivity index (χ2v) is 5.64. The van der Waals surface area contributed by atoms with Crippen molar-refractivity contribution in [2.24, 2.45) is 5.92 Å². The average Bonchev–Trinajstić information content (AvgIpc) is 2.38. The third kappa shape index (κ3) is 2.23.